The fourth-order valence-electron chi connectivity index (χ4n) is 2.08. The van der Waals surface area contributed by atoms with Crippen molar-refractivity contribution in [2.75, 3.05) is 26.9 Å². The predicted molar refractivity (Wildman–Crippen MR) is 73.0 cm³/mol. The van der Waals surface area contributed by atoms with Crippen molar-refractivity contribution >= 4 is 5.82 Å². The van der Waals surface area contributed by atoms with E-state index in [1.165, 1.54) is 5.56 Å². The number of nitrogen functional groups attached to an aromatic ring is 1. The maximum absolute atomic E-state index is 6.03. The zero-order chi connectivity index (χ0) is 13.2. The molecule has 0 aliphatic heterocycles. The first kappa shape index (κ1) is 13.9. The SMILES string of the molecule is CNC(c1c(C)ccnc1N)C(C)(C)N(C)C. The van der Waals surface area contributed by atoms with Gasteiger partial charge in [-0.05, 0) is 53.5 Å². The molecule has 0 saturated heterocycles. The number of hydrogen-bond donors (Lipinski definition) is 2. The monoisotopic (exact) mass is 236 g/mol. The highest BCUT2D eigenvalue weighted by atomic mass is 15.2. The van der Waals surface area contributed by atoms with E-state index in [2.05, 4.69) is 50.1 Å². The van der Waals surface area contributed by atoms with Gasteiger partial charge in [0.05, 0.1) is 6.04 Å². The lowest BCUT2D eigenvalue weighted by Gasteiger charge is -2.41. The molecule has 1 aromatic rings. The van der Waals surface area contributed by atoms with Crippen LogP contribution in [0.25, 0.3) is 0 Å². The summed E-state index contributed by atoms with van der Waals surface area (Å²) >= 11 is 0. The topological polar surface area (TPSA) is 54.2 Å². The predicted octanol–water partition coefficient (Wildman–Crippen LogP) is 1.57. The lowest BCUT2D eigenvalue weighted by Crippen LogP contribution is -2.49. The van der Waals surface area contributed by atoms with Gasteiger partial charge in [0.1, 0.15) is 5.82 Å². The van der Waals surface area contributed by atoms with Gasteiger partial charge < -0.3 is 16.0 Å². The van der Waals surface area contributed by atoms with E-state index in [-0.39, 0.29) is 11.6 Å². The molecule has 1 aromatic heterocycles. The quantitative estimate of drug-likeness (QED) is 0.833. The third-order valence-corrected chi connectivity index (χ3v) is 3.68. The molecule has 96 valence electrons. The third kappa shape index (κ3) is 2.58. The number of aromatic nitrogens is 1. The van der Waals surface area contributed by atoms with E-state index in [9.17, 15) is 0 Å². The molecule has 1 unspecified atom stereocenters. The van der Waals surface area contributed by atoms with Crippen LogP contribution in [0.5, 0.6) is 0 Å². The summed E-state index contributed by atoms with van der Waals surface area (Å²) < 4.78 is 0. The first-order valence-corrected chi connectivity index (χ1v) is 5.88. The molecule has 0 amide bonds. The molecular formula is C13H24N4. The van der Waals surface area contributed by atoms with Gasteiger partial charge in [-0.1, -0.05) is 0 Å². The lowest BCUT2D eigenvalue weighted by molar-refractivity contribution is 0.142. The van der Waals surface area contributed by atoms with E-state index in [1.54, 1.807) is 6.20 Å². The molecule has 0 fully saturated rings. The highest BCUT2D eigenvalue weighted by Gasteiger charge is 2.34. The van der Waals surface area contributed by atoms with Crippen molar-refractivity contribution in [3.05, 3.63) is 23.4 Å². The Hall–Kier alpha value is -1.13. The Kier molecular flexibility index (Phi) is 4.11. The number of aryl methyl sites for hydroxylation is 1. The maximum Gasteiger partial charge on any atom is 0.128 e. The maximum atomic E-state index is 6.03. The van der Waals surface area contributed by atoms with Gasteiger partial charge in [0, 0.05) is 17.3 Å². The molecule has 1 atom stereocenters. The molecular weight excluding hydrogens is 212 g/mol. The Balaban J connectivity index is 3.28. The van der Waals surface area contributed by atoms with Crippen LogP contribution in [0.3, 0.4) is 0 Å². The molecule has 0 spiro atoms. The van der Waals surface area contributed by atoms with Gasteiger partial charge in [-0.2, -0.15) is 0 Å². The highest BCUT2D eigenvalue weighted by molar-refractivity contribution is 5.47. The van der Waals surface area contributed by atoms with Crippen molar-refractivity contribution in [2.24, 2.45) is 0 Å². The largest absolute Gasteiger partial charge is 0.383 e. The fourth-order valence-corrected chi connectivity index (χ4v) is 2.08. The summed E-state index contributed by atoms with van der Waals surface area (Å²) in [5.74, 6) is 0.610. The first-order valence-electron chi connectivity index (χ1n) is 5.88. The fraction of sp³-hybridized carbons (Fsp3) is 0.615. The van der Waals surface area contributed by atoms with Crippen molar-refractivity contribution in [2.45, 2.75) is 32.4 Å². The standard InChI is InChI=1S/C13H24N4/c1-9-7-8-16-12(14)10(9)11(15-4)13(2,3)17(5)6/h7-8,11,15H,1-6H3,(H2,14,16). The molecule has 0 aromatic carbocycles. The summed E-state index contributed by atoms with van der Waals surface area (Å²) in [4.78, 5) is 6.40. The van der Waals surface area contributed by atoms with Gasteiger partial charge in [0.15, 0.2) is 0 Å². The van der Waals surface area contributed by atoms with Crippen LogP contribution in [0.15, 0.2) is 12.3 Å². The van der Waals surface area contributed by atoms with Crippen LogP contribution in [0.1, 0.15) is 31.0 Å². The summed E-state index contributed by atoms with van der Waals surface area (Å²) in [6, 6.07) is 2.15. The molecule has 1 heterocycles. The van der Waals surface area contributed by atoms with Crippen LogP contribution in [0, 0.1) is 6.92 Å². The van der Waals surface area contributed by atoms with E-state index in [4.69, 9.17) is 5.73 Å². The van der Waals surface area contributed by atoms with Crippen molar-refractivity contribution in [3.63, 3.8) is 0 Å². The molecule has 0 saturated carbocycles. The van der Waals surface area contributed by atoms with Crippen LogP contribution >= 0.6 is 0 Å². The molecule has 17 heavy (non-hydrogen) atoms. The van der Waals surface area contributed by atoms with Crippen molar-refractivity contribution in [3.8, 4) is 0 Å². The number of rotatable bonds is 4. The van der Waals surface area contributed by atoms with Crippen LogP contribution in [0.2, 0.25) is 0 Å². The average Bonchev–Trinajstić information content (AvgIpc) is 2.23. The number of nitrogens with zero attached hydrogens (tertiary/aromatic N) is 2. The summed E-state index contributed by atoms with van der Waals surface area (Å²) in [6.45, 7) is 6.46. The lowest BCUT2D eigenvalue weighted by atomic mass is 9.86. The van der Waals surface area contributed by atoms with Crippen LogP contribution in [-0.4, -0.2) is 36.6 Å². The Morgan fingerprint density at radius 2 is 2.00 bits per heavy atom. The van der Waals surface area contributed by atoms with Gasteiger partial charge in [-0.3, -0.25) is 0 Å². The molecule has 0 aliphatic rings. The number of anilines is 1. The minimum atomic E-state index is -0.0450. The number of pyridine rings is 1. The first-order chi connectivity index (χ1) is 7.82. The van der Waals surface area contributed by atoms with E-state index in [0.29, 0.717) is 5.82 Å². The van der Waals surface area contributed by atoms with Crippen LogP contribution in [-0.2, 0) is 0 Å². The second-order valence-corrected chi connectivity index (χ2v) is 5.20. The molecule has 4 nitrogen and oxygen atoms in total. The minimum Gasteiger partial charge on any atom is -0.383 e. The molecule has 4 heteroatoms. The molecule has 0 bridgehead atoms. The van der Waals surface area contributed by atoms with Gasteiger partial charge in [-0.15, -0.1) is 0 Å². The number of nitrogens with one attached hydrogen (secondary N) is 1. The Bertz CT molecular complexity index is 365. The second-order valence-electron chi connectivity index (χ2n) is 5.20. The summed E-state index contributed by atoms with van der Waals surface area (Å²) in [5, 5.41) is 3.36. The Morgan fingerprint density at radius 1 is 1.41 bits per heavy atom. The van der Waals surface area contributed by atoms with Gasteiger partial charge in [0.25, 0.3) is 0 Å². The zero-order valence-corrected chi connectivity index (χ0v) is 11.7. The number of likely N-dealkylation sites (N-methyl/N-ethyl adjacent to an activating group) is 2. The number of nitrogens with two attached hydrogens (primary N) is 1. The molecule has 3 N–H and O–H groups in total. The van der Waals surface area contributed by atoms with Gasteiger partial charge in [0.2, 0.25) is 0 Å². The van der Waals surface area contributed by atoms with Crippen molar-refractivity contribution < 1.29 is 0 Å². The highest BCUT2D eigenvalue weighted by Crippen LogP contribution is 2.33. The van der Waals surface area contributed by atoms with E-state index >= 15 is 0 Å². The zero-order valence-electron chi connectivity index (χ0n) is 11.7. The molecule has 1 rings (SSSR count). The summed E-state index contributed by atoms with van der Waals surface area (Å²) in [6.07, 6.45) is 1.75. The normalized spacial score (nSPS) is 14.1. The van der Waals surface area contributed by atoms with Crippen LogP contribution < -0.4 is 11.1 Å². The average molecular weight is 236 g/mol. The third-order valence-electron chi connectivity index (χ3n) is 3.68. The molecule has 0 radical (unpaired) electrons. The second kappa shape index (κ2) is 5.02. The van der Waals surface area contributed by atoms with Gasteiger partial charge in [-0.25, -0.2) is 4.98 Å². The Labute approximate surface area is 104 Å². The summed E-state index contributed by atoms with van der Waals surface area (Å²) in [5.41, 5.74) is 8.24. The van der Waals surface area contributed by atoms with Crippen LogP contribution in [0.4, 0.5) is 5.82 Å². The van der Waals surface area contributed by atoms with Gasteiger partial charge >= 0.3 is 0 Å². The van der Waals surface area contributed by atoms with E-state index in [1.807, 2.05) is 13.1 Å². The smallest absolute Gasteiger partial charge is 0.128 e. The Morgan fingerprint density at radius 3 is 2.41 bits per heavy atom. The molecule has 0 aliphatic carbocycles. The minimum absolute atomic E-state index is 0.0450. The summed E-state index contributed by atoms with van der Waals surface area (Å²) in [7, 11) is 6.11. The van der Waals surface area contributed by atoms with E-state index in [0.717, 1.165) is 5.56 Å². The van der Waals surface area contributed by atoms with Crippen molar-refractivity contribution in [1.29, 1.82) is 0 Å². The number of hydrogen-bond acceptors (Lipinski definition) is 4. The van der Waals surface area contributed by atoms with Crippen molar-refractivity contribution in [1.82, 2.24) is 15.2 Å². The van der Waals surface area contributed by atoms with E-state index < -0.39 is 0 Å².